The largest absolute Gasteiger partial charge is 0.299 e. The predicted molar refractivity (Wildman–Crippen MR) is 140 cm³/mol. The molecule has 0 saturated carbocycles. The molecule has 0 fully saturated rings. The Morgan fingerprint density at radius 1 is 0.793 bits per heavy atom. The van der Waals surface area contributed by atoms with Crippen LogP contribution in [0.4, 0.5) is 0 Å². The first-order chi connectivity index (χ1) is 13.9. The lowest BCUT2D eigenvalue weighted by Crippen LogP contribution is -2.21. The van der Waals surface area contributed by atoms with Crippen molar-refractivity contribution in [2.75, 3.05) is 0 Å². The summed E-state index contributed by atoms with van der Waals surface area (Å²) in [6.07, 6.45) is 11.5. The Hall–Kier alpha value is -0.850. The van der Waals surface area contributed by atoms with Crippen molar-refractivity contribution in [1.82, 2.24) is 0 Å². The minimum atomic E-state index is 0.543. The Bertz CT molecular complexity index is 305. The molecule has 29 heavy (non-hydrogen) atoms. The van der Waals surface area contributed by atoms with Gasteiger partial charge in [0.15, 0.2) is 0 Å². The van der Waals surface area contributed by atoms with Crippen LogP contribution in [-0.4, -0.2) is 6.29 Å². The van der Waals surface area contributed by atoms with Crippen LogP contribution >= 0.6 is 0 Å². The van der Waals surface area contributed by atoms with E-state index in [1.165, 1.54) is 44.1 Å². The molecule has 0 aromatic heterocycles. The van der Waals surface area contributed by atoms with Crippen molar-refractivity contribution >= 4 is 6.29 Å². The van der Waals surface area contributed by atoms with Gasteiger partial charge in [-0.3, -0.25) is 4.79 Å². The highest BCUT2D eigenvalue weighted by Gasteiger charge is 2.23. The Morgan fingerprint density at radius 3 is 1.48 bits per heavy atom. The summed E-state index contributed by atoms with van der Waals surface area (Å²) in [5.74, 6) is 2.96. The maximum absolute atomic E-state index is 10.6. The zero-order chi connectivity index (χ0) is 24.3. The molecule has 4 atom stereocenters. The maximum atomic E-state index is 10.6. The third-order valence-corrected chi connectivity index (χ3v) is 5.34. The van der Waals surface area contributed by atoms with Crippen molar-refractivity contribution < 1.29 is 4.79 Å². The average molecular weight is 413 g/mol. The van der Waals surface area contributed by atoms with E-state index in [1.54, 1.807) is 6.08 Å². The van der Waals surface area contributed by atoms with Crippen LogP contribution in [0.2, 0.25) is 0 Å². The van der Waals surface area contributed by atoms with Gasteiger partial charge in [-0.05, 0) is 36.2 Å². The minimum absolute atomic E-state index is 0.543. The molecular formula is C28H60O. The number of rotatable bonds is 11. The highest BCUT2D eigenvalue weighted by molar-refractivity contribution is 5.66. The quantitative estimate of drug-likeness (QED) is 0.187. The molecule has 0 aliphatic carbocycles. The predicted octanol–water partition coefficient (Wildman–Crippen LogP) is 10.3. The van der Waals surface area contributed by atoms with Gasteiger partial charge < -0.3 is 0 Å². The molecule has 1 heteroatoms. The summed E-state index contributed by atoms with van der Waals surface area (Å²) in [6.45, 7) is 32.1. The fraction of sp³-hybridized carbons (Fsp3) is 0.821. The van der Waals surface area contributed by atoms with E-state index < -0.39 is 0 Å². The van der Waals surface area contributed by atoms with Crippen LogP contribution in [0.25, 0.3) is 0 Å². The Labute approximate surface area is 187 Å². The van der Waals surface area contributed by atoms with Crippen molar-refractivity contribution in [2.45, 2.75) is 128 Å². The maximum Gasteiger partial charge on any atom is 0.142 e. The van der Waals surface area contributed by atoms with Gasteiger partial charge in [0, 0.05) is 0 Å². The number of hydrogen-bond donors (Lipinski definition) is 0. The Balaban J connectivity index is -0.000000123. The number of carbonyl (C=O) groups is 1. The number of carbonyl (C=O) groups excluding carboxylic acids is 1. The third kappa shape index (κ3) is 25.1. The van der Waals surface area contributed by atoms with Crippen LogP contribution in [0, 0.1) is 23.7 Å². The summed E-state index contributed by atoms with van der Waals surface area (Å²) < 4.78 is 0. The van der Waals surface area contributed by atoms with E-state index in [9.17, 15) is 4.79 Å². The summed E-state index contributed by atoms with van der Waals surface area (Å²) in [4.78, 5) is 10.6. The minimum Gasteiger partial charge on any atom is -0.299 e. The molecule has 0 aromatic rings. The van der Waals surface area contributed by atoms with Crippen LogP contribution in [-0.2, 0) is 4.79 Å². The van der Waals surface area contributed by atoms with Gasteiger partial charge in [0.25, 0.3) is 0 Å². The fourth-order valence-corrected chi connectivity index (χ4v) is 3.57. The first-order valence-corrected chi connectivity index (χ1v) is 12.6. The van der Waals surface area contributed by atoms with Gasteiger partial charge >= 0.3 is 0 Å². The van der Waals surface area contributed by atoms with Crippen molar-refractivity contribution in [3.63, 3.8) is 0 Å². The molecule has 178 valence electrons. The second-order valence-electron chi connectivity index (χ2n) is 7.16. The molecule has 0 radical (unpaired) electrons. The lowest BCUT2D eigenvalue weighted by atomic mass is 9.75. The summed E-state index contributed by atoms with van der Waals surface area (Å²) in [6, 6.07) is 0. The average Bonchev–Trinajstić information content (AvgIpc) is 2.77. The Kier molecular flexibility index (Phi) is 46.3. The molecule has 3 unspecified atom stereocenters. The molecular weight excluding hydrogens is 352 g/mol. The van der Waals surface area contributed by atoms with Crippen molar-refractivity contribution in [1.29, 1.82) is 0 Å². The van der Waals surface area contributed by atoms with E-state index >= 15 is 0 Å². The van der Waals surface area contributed by atoms with Crippen LogP contribution < -0.4 is 0 Å². The van der Waals surface area contributed by atoms with Gasteiger partial charge in [0.05, 0.1) is 0 Å². The highest BCUT2D eigenvalue weighted by Crippen LogP contribution is 2.33. The van der Waals surface area contributed by atoms with E-state index in [-0.39, 0.29) is 0 Å². The molecule has 0 saturated heterocycles. The number of aldehydes is 1. The molecule has 0 aliphatic heterocycles. The summed E-state index contributed by atoms with van der Waals surface area (Å²) in [5.41, 5.74) is 1.31. The third-order valence-electron chi connectivity index (χ3n) is 5.34. The SMILES string of the molecule is C=C.CC.CC.CCCC(C)C(CC)C(C)/C(=C\C=O)CC.CCC[C@H](C)CC. The second kappa shape index (κ2) is 34.6. The summed E-state index contributed by atoms with van der Waals surface area (Å²) in [5, 5.41) is 0. The Morgan fingerprint density at radius 2 is 1.24 bits per heavy atom. The van der Waals surface area contributed by atoms with E-state index in [1.807, 2.05) is 27.7 Å². The van der Waals surface area contributed by atoms with Gasteiger partial charge in [-0.25, -0.2) is 0 Å². The van der Waals surface area contributed by atoms with Gasteiger partial charge in [0.1, 0.15) is 6.29 Å². The molecule has 0 spiro atoms. The molecule has 0 rings (SSSR count). The van der Waals surface area contributed by atoms with Crippen LogP contribution in [0.5, 0.6) is 0 Å². The van der Waals surface area contributed by atoms with Gasteiger partial charge in [-0.1, -0.05) is 127 Å². The molecule has 0 aromatic carbocycles. The highest BCUT2D eigenvalue weighted by atomic mass is 16.1. The molecule has 0 aliphatic rings. The molecule has 1 nitrogen and oxygen atoms in total. The van der Waals surface area contributed by atoms with Crippen molar-refractivity contribution in [2.24, 2.45) is 23.7 Å². The van der Waals surface area contributed by atoms with E-state index in [2.05, 4.69) is 68.5 Å². The molecule has 0 heterocycles. The summed E-state index contributed by atoms with van der Waals surface area (Å²) >= 11 is 0. The first-order valence-electron chi connectivity index (χ1n) is 12.6. The van der Waals surface area contributed by atoms with Gasteiger partial charge in [0.2, 0.25) is 0 Å². The standard InChI is InChI=1S/C15H28O.C7H16.2C2H6.C2H4/c1-6-9-12(4)15(8-3)13(5)14(7-2)10-11-16;1-4-6-7(3)5-2;3*1-2/h10-13,15H,6-9H2,1-5H3;7H,4-6H2,1-3H3;2*1-2H3;1-2H2/b14-10-;;;;/t;7-;;;/m.1.../s1. The number of hydrogen-bond acceptors (Lipinski definition) is 1. The smallest absolute Gasteiger partial charge is 0.142 e. The first kappa shape index (κ1) is 38.7. The van der Waals surface area contributed by atoms with Crippen molar-refractivity contribution in [3.05, 3.63) is 24.8 Å². The van der Waals surface area contributed by atoms with Gasteiger partial charge in [-0.2, -0.15) is 0 Å². The normalized spacial score (nSPS) is 13.9. The van der Waals surface area contributed by atoms with Gasteiger partial charge in [-0.15, -0.1) is 13.2 Å². The van der Waals surface area contributed by atoms with Crippen LogP contribution in [0.1, 0.15) is 128 Å². The lowest BCUT2D eigenvalue weighted by molar-refractivity contribution is -0.104. The van der Waals surface area contributed by atoms with Crippen LogP contribution in [0.15, 0.2) is 24.8 Å². The lowest BCUT2D eigenvalue weighted by Gasteiger charge is -2.30. The molecule has 0 bridgehead atoms. The zero-order valence-corrected chi connectivity index (χ0v) is 22.7. The van der Waals surface area contributed by atoms with E-state index in [4.69, 9.17) is 0 Å². The van der Waals surface area contributed by atoms with Crippen LogP contribution in [0.3, 0.4) is 0 Å². The fourth-order valence-electron chi connectivity index (χ4n) is 3.57. The number of allylic oxidation sites excluding steroid dienone is 2. The van der Waals surface area contributed by atoms with E-state index in [0.29, 0.717) is 11.8 Å². The molecule has 0 amide bonds. The summed E-state index contributed by atoms with van der Waals surface area (Å²) in [7, 11) is 0. The monoisotopic (exact) mass is 412 g/mol. The zero-order valence-electron chi connectivity index (χ0n) is 22.7. The topological polar surface area (TPSA) is 17.1 Å². The van der Waals surface area contributed by atoms with Crippen molar-refractivity contribution in [3.8, 4) is 0 Å². The molecule has 0 N–H and O–H groups in total. The van der Waals surface area contributed by atoms with E-state index in [0.717, 1.165) is 24.5 Å². The second-order valence-corrected chi connectivity index (χ2v) is 7.16.